The van der Waals surface area contributed by atoms with Gasteiger partial charge in [0.25, 0.3) is 5.91 Å². The highest BCUT2D eigenvalue weighted by Gasteiger charge is 2.26. The zero-order valence-corrected chi connectivity index (χ0v) is 13.7. The molecule has 8 heteroatoms. The SMILES string of the molecule is O=C(NC1CCN(c2nccc(-c3ccc[nH]3)n2)C1)c1ccns1. The van der Waals surface area contributed by atoms with Crippen LogP contribution in [0, 0.1) is 0 Å². The number of H-pyrrole nitrogens is 1. The van der Waals surface area contributed by atoms with Crippen LogP contribution in [0.2, 0.25) is 0 Å². The van der Waals surface area contributed by atoms with Crippen LogP contribution in [0.25, 0.3) is 11.4 Å². The van der Waals surface area contributed by atoms with E-state index >= 15 is 0 Å². The first-order chi connectivity index (χ1) is 11.8. The molecule has 4 rings (SSSR count). The maximum Gasteiger partial charge on any atom is 0.263 e. The number of aromatic amines is 1. The smallest absolute Gasteiger partial charge is 0.263 e. The van der Waals surface area contributed by atoms with Crippen molar-refractivity contribution in [3.05, 3.63) is 47.7 Å². The summed E-state index contributed by atoms with van der Waals surface area (Å²) in [6.45, 7) is 1.53. The third-order valence-electron chi connectivity index (χ3n) is 3.98. The molecule has 2 N–H and O–H groups in total. The number of nitrogens with zero attached hydrogens (tertiary/aromatic N) is 4. The number of amides is 1. The summed E-state index contributed by atoms with van der Waals surface area (Å²) < 4.78 is 3.96. The van der Waals surface area contributed by atoms with Crippen molar-refractivity contribution in [3.8, 4) is 11.4 Å². The number of hydrogen-bond donors (Lipinski definition) is 2. The normalized spacial score (nSPS) is 17.2. The van der Waals surface area contributed by atoms with E-state index in [9.17, 15) is 4.79 Å². The maximum atomic E-state index is 12.1. The molecule has 0 radical (unpaired) electrons. The third-order valence-corrected chi connectivity index (χ3v) is 4.73. The molecule has 0 aliphatic carbocycles. The number of anilines is 1. The fraction of sp³-hybridized carbons (Fsp3) is 0.250. The van der Waals surface area contributed by atoms with Crippen molar-refractivity contribution in [2.24, 2.45) is 0 Å². The zero-order chi connectivity index (χ0) is 16.4. The molecule has 1 fully saturated rings. The van der Waals surface area contributed by atoms with Crippen LogP contribution < -0.4 is 10.2 Å². The highest BCUT2D eigenvalue weighted by atomic mass is 32.1. The van der Waals surface area contributed by atoms with Gasteiger partial charge in [0.1, 0.15) is 4.88 Å². The molecule has 1 unspecified atom stereocenters. The van der Waals surface area contributed by atoms with Crippen molar-refractivity contribution in [3.63, 3.8) is 0 Å². The molecule has 1 saturated heterocycles. The molecule has 3 aromatic rings. The van der Waals surface area contributed by atoms with Crippen molar-refractivity contribution in [1.82, 2.24) is 24.6 Å². The quantitative estimate of drug-likeness (QED) is 0.758. The van der Waals surface area contributed by atoms with Gasteiger partial charge < -0.3 is 15.2 Å². The van der Waals surface area contributed by atoms with E-state index in [0.717, 1.165) is 24.4 Å². The lowest BCUT2D eigenvalue weighted by atomic mass is 10.2. The lowest BCUT2D eigenvalue weighted by Gasteiger charge is -2.17. The Labute approximate surface area is 142 Å². The van der Waals surface area contributed by atoms with E-state index in [4.69, 9.17) is 0 Å². The van der Waals surface area contributed by atoms with E-state index in [0.29, 0.717) is 17.4 Å². The van der Waals surface area contributed by atoms with Gasteiger partial charge in [0.15, 0.2) is 0 Å². The van der Waals surface area contributed by atoms with E-state index < -0.39 is 0 Å². The first kappa shape index (κ1) is 14.8. The Hall–Kier alpha value is -2.74. The van der Waals surface area contributed by atoms with Crippen LogP contribution in [0.1, 0.15) is 16.1 Å². The molecule has 7 nitrogen and oxygen atoms in total. The van der Waals surface area contributed by atoms with Gasteiger partial charge in [-0.2, -0.15) is 0 Å². The van der Waals surface area contributed by atoms with Gasteiger partial charge in [0.2, 0.25) is 5.95 Å². The average Bonchev–Trinajstić information content (AvgIpc) is 3.36. The summed E-state index contributed by atoms with van der Waals surface area (Å²) in [5.74, 6) is 0.627. The minimum atomic E-state index is -0.0644. The van der Waals surface area contributed by atoms with Gasteiger partial charge >= 0.3 is 0 Å². The number of carbonyl (C=O) groups is 1. The zero-order valence-electron chi connectivity index (χ0n) is 12.8. The Bertz CT molecular complexity index is 817. The Morgan fingerprint density at radius 3 is 3.08 bits per heavy atom. The molecular formula is C16H16N6OS. The molecule has 0 bridgehead atoms. The van der Waals surface area contributed by atoms with E-state index in [1.165, 1.54) is 11.5 Å². The number of carbonyl (C=O) groups excluding carboxylic acids is 1. The molecular weight excluding hydrogens is 324 g/mol. The molecule has 4 heterocycles. The second-order valence-electron chi connectivity index (χ2n) is 5.61. The largest absolute Gasteiger partial charge is 0.360 e. The van der Waals surface area contributed by atoms with Gasteiger partial charge in [-0.25, -0.2) is 14.3 Å². The summed E-state index contributed by atoms with van der Waals surface area (Å²) in [5, 5.41) is 3.05. The van der Waals surface area contributed by atoms with E-state index in [2.05, 4.69) is 29.5 Å². The van der Waals surface area contributed by atoms with Gasteiger partial charge in [0.05, 0.1) is 11.4 Å². The monoisotopic (exact) mass is 340 g/mol. The molecule has 0 aromatic carbocycles. The Balaban J connectivity index is 1.43. The molecule has 1 atom stereocenters. The predicted octanol–water partition coefficient (Wildman–Crippen LogP) is 1.94. The summed E-state index contributed by atoms with van der Waals surface area (Å²) in [4.78, 5) is 27.0. The van der Waals surface area contributed by atoms with Crippen LogP contribution in [-0.4, -0.2) is 44.4 Å². The molecule has 1 amide bonds. The molecule has 1 aliphatic rings. The number of rotatable bonds is 4. The molecule has 0 spiro atoms. The second-order valence-corrected chi connectivity index (χ2v) is 6.44. The van der Waals surface area contributed by atoms with Crippen LogP contribution in [0.15, 0.2) is 42.9 Å². The molecule has 0 saturated carbocycles. The third kappa shape index (κ3) is 3.00. The fourth-order valence-corrected chi connectivity index (χ4v) is 3.29. The highest BCUT2D eigenvalue weighted by molar-refractivity contribution is 7.08. The Kier molecular flexibility index (Phi) is 3.96. The van der Waals surface area contributed by atoms with E-state index in [1.54, 1.807) is 18.5 Å². The molecule has 122 valence electrons. The number of aromatic nitrogens is 4. The summed E-state index contributed by atoms with van der Waals surface area (Å²) in [6.07, 6.45) is 6.15. The maximum absolute atomic E-state index is 12.1. The summed E-state index contributed by atoms with van der Waals surface area (Å²) in [6, 6.07) is 7.63. The Morgan fingerprint density at radius 2 is 2.29 bits per heavy atom. The summed E-state index contributed by atoms with van der Waals surface area (Å²) in [7, 11) is 0. The second kappa shape index (κ2) is 6.40. The lowest BCUT2D eigenvalue weighted by Crippen LogP contribution is -2.37. The topological polar surface area (TPSA) is 86.8 Å². The van der Waals surface area contributed by atoms with Crippen molar-refractivity contribution in [2.45, 2.75) is 12.5 Å². The van der Waals surface area contributed by atoms with Crippen molar-refractivity contribution in [2.75, 3.05) is 18.0 Å². The number of nitrogens with one attached hydrogen (secondary N) is 2. The van der Waals surface area contributed by atoms with Crippen LogP contribution in [0.5, 0.6) is 0 Å². The molecule has 1 aliphatic heterocycles. The van der Waals surface area contributed by atoms with Gasteiger partial charge in [-0.3, -0.25) is 4.79 Å². The van der Waals surface area contributed by atoms with Crippen molar-refractivity contribution < 1.29 is 4.79 Å². The predicted molar refractivity (Wildman–Crippen MR) is 92.0 cm³/mol. The standard InChI is InChI=1S/C16H16N6OS/c23-15(14-4-8-19-24-14)20-11-5-9-22(10-11)16-18-7-3-13(21-16)12-2-1-6-17-12/h1-4,6-8,11,17H,5,9-10H2,(H,20,23). The first-order valence-corrected chi connectivity index (χ1v) is 8.50. The minimum Gasteiger partial charge on any atom is -0.360 e. The molecule has 3 aromatic heterocycles. The van der Waals surface area contributed by atoms with Crippen LogP contribution in [0.4, 0.5) is 5.95 Å². The van der Waals surface area contributed by atoms with Crippen LogP contribution in [0.3, 0.4) is 0 Å². The minimum absolute atomic E-state index is 0.0644. The first-order valence-electron chi connectivity index (χ1n) is 7.73. The van der Waals surface area contributed by atoms with Crippen molar-refractivity contribution in [1.29, 1.82) is 0 Å². The lowest BCUT2D eigenvalue weighted by molar-refractivity contribution is 0.0944. The van der Waals surface area contributed by atoms with Gasteiger partial charge in [-0.1, -0.05) is 0 Å². The van der Waals surface area contributed by atoms with E-state index in [1.807, 2.05) is 24.4 Å². The van der Waals surface area contributed by atoms with Gasteiger partial charge in [-0.05, 0) is 42.2 Å². The van der Waals surface area contributed by atoms with Crippen molar-refractivity contribution >= 4 is 23.4 Å². The summed E-state index contributed by atoms with van der Waals surface area (Å²) >= 11 is 1.21. The van der Waals surface area contributed by atoms with Gasteiger partial charge in [0, 0.05) is 37.7 Å². The van der Waals surface area contributed by atoms with Crippen LogP contribution >= 0.6 is 11.5 Å². The van der Waals surface area contributed by atoms with Gasteiger partial charge in [-0.15, -0.1) is 0 Å². The number of hydrogen-bond acceptors (Lipinski definition) is 6. The van der Waals surface area contributed by atoms with E-state index in [-0.39, 0.29) is 11.9 Å². The van der Waals surface area contributed by atoms with Crippen LogP contribution in [-0.2, 0) is 0 Å². The Morgan fingerprint density at radius 1 is 1.33 bits per heavy atom. The highest BCUT2D eigenvalue weighted by Crippen LogP contribution is 2.20. The summed E-state index contributed by atoms with van der Waals surface area (Å²) in [5.41, 5.74) is 1.83. The molecule has 24 heavy (non-hydrogen) atoms. The average molecular weight is 340 g/mol. The fourth-order valence-electron chi connectivity index (χ4n) is 2.79.